The third-order valence-corrected chi connectivity index (χ3v) is 8.19. The van der Waals surface area contributed by atoms with Crippen LogP contribution in [0.25, 0.3) is 0 Å². The Morgan fingerprint density at radius 2 is 1.67 bits per heavy atom. The molecule has 0 saturated carbocycles. The molecule has 46 heavy (non-hydrogen) atoms. The number of alkyl carbamates (subject to hydrolysis) is 1. The van der Waals surface area contributed by atoms with Crippen LogP contribution in [0.5, 0.6) is 0 Å². The second-order valence-electron chi connectivity index (χ2n) is 13.4. The minimum Gasteiger partial charge on any atom is -0.480 e. The highest BCUT2D eigenvalue weighted by Gasteiger charge is 2.46. The fraction of sp³-hybridized carbons (Fsp3) is 0.647. The van der Waals surface area contributed by atoms with Crippen molar-refractivity contribution in [2.45, 2.75) is 130 Å². The number of nitrogens with zero attached hydrogens (tertiary/aromatic N) is 2. The number of carboxylic acid groups (broad SMARTS) is 1. The number of carboxylic acids is 1. The number of imide groups is 1. The van der Waals surface area contributed by atoms with Crippen molar-refractivity contribution >= 4 is 41.7 Å². The number of aliphatic imine (C=N–C) groups is 1. The van der Waals surface area contributed by atoms with Crippen LogP contribution in [0.1, 0.15) is 106 Å². The van der Waals surface area contributed by atoms with Crippen molar-refractivity contribution in [2.24, 2.45) is 16.8 Å². The molecule has 0 bridgehead atoms. The Labute approximate surface area is 272 Å². The standard InChI is InChI=1S/C34H52N4O8/c1-9-11-14-21(3)17-18-27(39)38(30(41)28(22(4)10-2)37-32(44)46-33(6,7)8)26(29(40)36-23(5)31(42)43)19-34(45)20-35-25-16-13-12-15-24(25)34/h12-13,15-16,20-23,26,28,45H,9-11,14,17-19H2,1-8H3,(H,36,40)(H,37,44)(H,42,43)/t21-,22+,23-,26-,28+,34+/m0/s1. The number of benzene rings is 1. The molecule has 4 N–H and O–H groups in total. The molecule has 1 heterocycles. The molecule has 0 fully saturated rings. The summed E-state index contributed by atoms with van der Waals surface area (Å²) in [7, 11) is 0. The van der Waals surface area contributed by atoms with Crippen molar-refractivity contribution < 1.29 is 38.9 Å². The molecule has 1 aliphatic heterocycles. The molecule has 12 heteroatoms. The molecule has 0 spiro atoms. The zero-order chi connectivity index (χ0) is 34.8. The highest BCUT2D eigenvalue weighted by Crippen LogP contribution is 2.39. The topological polar surface area (TPSA) is 175 Å². The first-order valence-corrected chi connectivity index (χ1v) is 16.2. The molecule has 0 unspecified atom stereocenters. The van der Waals surface area contributed by atoms with Gasteiger partial charge in [-0.2, -0.15) is 0 Å². The Morgan fingerprint density at radius 3 is 2.26 bits per heavy atom. The number of ether oxygens (including phenoxy) is 1. The number of carbonyl (C=O) groups excluding carboxylic acids is 4. The van der Waals surface area contributed by atoms with Gasteiger partial charge in [0.15, 0.2) is 0 Å². The summed E-state index contributed by atoms with van der Waals surface area (Å²) in [6.07, 6.45) is 3.50. The lowest BCUT2D eigenvalue weighted by atomic mass is 9.87. The maximum absolute atomic E-state index is 14.5. The molecule has 2 rings (SSSR count). The molecule has 0 aliphatic carbocycles. The largest absolute Gasteiger partial charge is 0.480 e. The van der Waals surface area contributed by atoms with Gasteiger partial charge < -0.3 is 25.6 Å². The number of fused-ring (bicyclic) bond motifs is 1. The van der Waals surface area contributed by atoms with Crippen LogP contribution in [0, 0.1) is 11.8 Å². The normalized spacial score (nSPS) is 18.8. The lowest BCUT2D eigenvalue weighted by molar-refractivity contribution is -0.156. The Kier molecular flexibility index (Phi) is 13.9. The van der Waals surface area contributed by atoms with E-state index in [1.165, 1.54) is 13.1 Å². The molecule has 6 atom stereocenters. The second kappa shape index (κ2) is 16.7. The van der Waals surface area contributed by atoms with Crippen LogP contribution in [0.3, 0.4) is 0 Å². The van der Waals surface area contributed by atoms with Crippen LogP contribution in [0.4, 0.5) is 10.5 Å². The Morgan fingerprint density at radius 1 is 1.02 bits per heavy atom. The molecule has 0 saturated heterocycles. The average Bonchev–Trinajstić information content (AvgIpc) is 3.32. The number of aliphatic carboxylic acids is 1. The number of unbranched alkanes of at least 4 members (excludes halogenated alkanes) is 1. The number of nitrogens with one attached hydrogen (secondary N) is 2. The minimum absolute atomic E-state index is 0.0857. The quantitative estimate of drug-likeness (QED) is 0.198. The summed E-state index contributed by atoms with van der Waals surface area (Å²) in [5, 5.41) is 26.3. The van der Waals surface area contributed by atoms with Crippen molar-refractivity contribution in [3.8, 4) is 0 Å². The number of hydrogen-bond donors (Lipinski definition) is 4. The van der Waals surface area contributed by atoms with Crippen molar-refractivity contribution in [3.05, 3.63) is 29.8 Å². The predicted octanol–water partition coefficient (Wildman–Crippen LogP) is 4.84. The van der Waals surface area contributed by atoms with Gasteiger partial charge in [-0.25, -0.2) is 4.79 Å². The van der Waals surface area contributed by atoms with E-state index in [9.17, 15) is 34.2 Å². The molecule has 1 aromatic rings. The van der Waals surface area contributed by atoms with E-state index < -0.39 is 71.5 Å². The van der Waals surface area contributed by atoms with E-state index >= 15 is 0 Å². The molecule has 1 aliphatic rings. The van der Waals surface area contributed by atoms with Gasteiger partial charge in [-0.05, 0) is 52.0 Å². The van der Waals surface area contributed by atoms with Crippen molar-refractivity contribution in [1.82, 2.24) is 15.5 Å². The van der Waals surface area contributed by atoms with Gasteiger partial charge in [-0.15, -0.1) is 0 Å². The third kappa shape index (κ3) is 10.6. The lowest BCUT2D eigenvalue weighted by Gasteiger charge is -2.37. The summed E-state index contributed by atoms with van der Waals surface area (Å²) >= 11 is 0. The van der Waals surface area contributed by atoms with Crippen LogP contribution in [0.2, 0.25) is 0 Å². The second-order valence-corrected chi connectivity index (χ2v) is 13.4. The summed E-state index contributed by atoms with van der Waals surface area (Å²) in [6, 6.07) is 2.46. The number of aliphatic hydroxyl groups is 1. The van der Waals surface area contributed by atoms with E-state index in [2.05, 4.69) is 22.5 Å². The summed E-state index contributed by atoms with van der Waals surface area (Å²) in [5.41, 5.74) is -1.90. The molecule has 4 amide bonds. The molecule has 1 aromatic carbocycles. The van der Waals surface area contributed by atoms with Gasteiger partial charge in [-0.3, -0.25) is 29.1 Å². The summed E-state index contributed by atoms with van der Waals surface area (Å²) in [4.78, 5) is 72.3. The van der Waals surface area contributed by atoms with E-state index in [1.54, 1.807) is 52.0 Å². The Balaban J connectivity index is 2.65. The fourth-order valence-electron chi connectivity index (χ4n) is 5.23. The average molecular weight is 645 g/mol. The van der Waals surface area contributed by atoms with Crippen molar-refractivity contribution in [2.75, 3.05) is 0 Å². The first-order valence-electron chi connectivity index (χ1n) is 16.2. The monoisotopic (exact) mass is 644 g/mol. The van der Waals surface area contributed by atoms with Crippen molar-refractivity contribution in [3.63, 3.8) is 0 Å². The van der Waals surface area contributed by atoms with Crippen molar-refractivity contribution in [1.29, 1.82) is 0 Å². The fourth-order valence-corrected chi connectivity index (χ4v) is 5.23. The van der Waals surface area contributed by atoms with Crippen LogP contribution in [0.15, 0.2) is 29.3 Å². The highest BCUT2D eigenvalue weighted by atomic mass is 16.6. The molecule has 0 aromatic heterocycles. The maximum Gasteiger partial charge on any atom is 0.408 e. The van der Waals surface area contributed by atoms with Gasteiger partial charge in [-0.1, -0.05) is 71.6 Å². The smallest absolute Gasteiger partial charge is 0.408 e. The summed E-state index contributed by atoms with van der Waals surface area (Å²) in [5.74, 6) is -4.14. The SMILES string of the molecule is CCCC[C@H](C)CCC(=O)N(C(=O)[C@H](NC(=O)OC(C)(C)C)[C@H](C)CC)[C@@H](C[C@@]1(O)C=Nc2ccccc21)C(=O)N[C@@H](C)C(=O)O. The Bertz CT molecular complexity index is 1280. The first-order chi connectivity index (χ1) is 21.4. The van der Waals surface area contributed by atoms with Crippen LogP contribution >= 0.6 is 0 Å². The van der Waals surface area contributed by atoms with E-state index in [1.807, 2.05) is 13.8 Å². The third-order valence-electron chi connectivity index (χ3n) is 8.19. The van der Waals surface area contributed by atoms with Gasteiger partial charge >= 0.3 is 12.1 Å². The first kappa shape index (κ1) is 38.4. The molecular weight excluding hydrogens is 592 g/mol. The Hall–Kier alpha value is -3.80. The van der Waals surface area contributed by atoms with E-state index in [0.717, 1.165) is 24.2 Å². The van der Waals surface area contributed by atoms with E-state index in [-0.39, 0.29) is 12.3 Å². The number of para-hydroxylation sites is 1. The number of rotatable bonds is 16. The summed E-state index contributed by atoms with van der Waals surface area (Å²) in [6.45, 7) is 13.9. The van der Waals surface area contributed by atoms with Gasteiger partial charge in [0.2, 0.25) is 11.8 Å². The van der Waals surface area contributed by atoms with E-state index in [4.69, 9.17) is 4.74 Å². The van der Waals surface area contributed by atoms with E-state index in [0.29, 0.717) is 24.1 Å². The lowest BCUT2D eigenvalue weighted by Crippen LogP contribution is -2.61. The minimum atomic E-state index is -1.86. The maximum atomic E-state index is 14.5. The molecule has 256 valence electrons. The van der Waals surface area contributed by atoms with Crippen LogP contribution in [-0.4, -0.2) is 74.8 Å². The predicted molar refractivity (Wildman–Crippen MR) is 175 cm³/mol. The zero-order valence-corrected chi connectivity index (χ0v) is 28.5. The zero-order valence-electron chi connectivity index (χ0n) is 28.5. The van der Waals surface area contributed by atoms with Gasteiger partial charge in [0.1, 0.15) is 29.3 Å². The number of carbonyl (C=O) groups is 5. The molecule has 12 nitrogen and oxygen atoms in total. The number of amides is 4. The van der Waals surface area contributed by atoms with Gasteiger partial charge in [0.05, 0.1) is 5.69 Å². The van der Waals surface area contributed by atoms with Crippen LogP contribution < -0.4 is 10.6 Å². The molecule has 0 radical (unpaired) electrons. The number of hydrogen-bond acceptors (Lipinski definition) is 8. The highest BCUT2D eigenvalue weighted by molar-refractivity contribution is 6.04. The van der Waals surface area contributed by atoms with Gasteiger partial charge in [0, 0.05) is 24.6 Å². The summed E-state index contributed by atoms with van der Waals surface area (Å²) < 4.78 is 5.41. The van der Waals surface area contributed by atoms with Crippen LogP contribution in [-0.2, 0) is 29.5 Å². The molecular formula is C34H52N4O8. The van der Waals surface area contributed by atoms with Gasteiger partial charge in [0.25, 0.3) is 5.91 Å².